The summed E-state index contributed by atoms with van der Waals surface area (Å²) in [6, 6.07) is 10.6. The molecule has 1 aromatic heterocycles. The minimum atomic E-state index is 0.195. The van der Waals surface area contributed by atoms with Gasteiger partial charge in [0.1, 0.15) is 6.33 Å². The molecule has 0 unspecified atom stereocenters. The number of rotatable bonds is 1. The topological polar surface area (TPSA) is 25.8 Å². The van der Waals surface area contributed by atoms with Crippen molar-refractivity contribution in [3.63, 3.8) is 0 Å². The van der Waals surface area contributed by atoms with Crippen LogP contribution in [0.25, 0.3) is 11.3 Å². The summed E-state index contributed by atoms with van der Waals surface area (Å²) in [6.07, 6.45) is 1.61. The smallest absolute Gasteiger partial charge is 0.116 e. The fourth-order valence-corrected chi connectivity index (χ4v) is 1.75. The Morgan fingerprint density at radius 1 is 0.941 bits per heavy atom. The van der Waals surface area contributed by atoms with E-state index in [1.807, 2.05) is 13.0 Å². The zero-order valence-corrected chi connectivity index (χ0v) is 10.9. The molecule has 0 N–H and O–H groups in total. The summed E-state index contributed by atoms with van der Waals surface area (Å²) in [6.45, 7) is 8.64. The van der Waals surface area contributed by atoms with Gasteiger partial charge in [0, 0.05) is 11.3 Å². The Balaban J connectivity index is 2.36. The molecule has 0 saturated heterocycles. The fraction of sp³-hybridized carbons (Fsp3) is 0.333. The van der Waals surface area contributed by atoms with Crippen molar-refractivity contribution in [2.24, 2.45) is 0 Å². The zero-order valence-electron chi connectivity index (χ0n) is 10.9. The summed E-state index contributed by atoms with van der Waals surface area (Å²) in [5.41, 5.74) is 4.66. The molecule has 0 radical (unpaired) electrons. The largest absolute Gasteiger partial charge is 0.242 e. The van der Waals surface area contributed by atoms with Crippen LogP contribution in [0.5, 0.6) is 0 Å². The SMILES string of the molecule is Cc1cc(-c2ccc(C(C)(C)C)cc2)ncn1. The second-order valence-electron chi connectivity index (χ2n) is 5.37. The summed E-state index contributed by atoms with van der Waals surface area (Å²) < 4.78 is 0. The Kier molecular flexibility index (Phi) is 2.97. The molecule has 0 aliphatic rings. The van der Waals surface area contributed by atoms with Crippen molar-refractivity contribution in [3.05, 3.63) is 47.9 Å². The maximum Gasteiger partial charge on any atom is 0.116 e. The third-order valence-electron chi connectivity index (χ3n) is 2.85. The van der Waals surface area contributed by atoms with Crippen LogP contribution < -0.4 is 0 Å². The summed E-state index contributed by atoms with van der Waals surface area (Å²) in [5.74, 6) is 0. The molecule has 0 aliphatic heterocycles. The van der Waals surface area contributed by atoms with Gasteiger partial charge in [0.25, 0.3) is 0 Å². The van der Waals surface area contributed by atoms with Gasteiger partial charge in [-0.05, 0) is 24.0 Å². The van der Waals surface area contributed by atoms with Crippen molar-refractivity contribution >= 4 is 0 Å². The number of nitrogens with zero attached hydrogens (tertiary/aromatic N) is 2. The van der Waals surface area contributed by atoms with Crippen LogP contribution >= 0.6 is 0 Å². The lowest BCUT2D eigenvalue weighted by atomic mass is 9.86. The molecule has 0 amide bonds. The van der Waals surface area contributed by atoms with E-state index >= 15 is 0 Å². The van der Waals surface area contributed by atoms with Gasteiger partial charge in [-0.3, -0.25) is 0 Å². The van der Waals surface area contributed by atoms with Crippen molar-refractivity contribution in [1.82, 2.24) is 9.97 Å². The van der Waals surface area contributed by atoms with Crippen molar-refractivity contribution in [2.75, 3.05) is 0 Å². The van der Waals surface area contributed by atoms with Gasteiger partial charge in [-0.2, -0.15) is 0 Å². The first-order valence-electron chi connectivity index (χ1n) is 5.86. The van der Waals surface area contributed by atoms with E-state index in [4.69, 9.17) is 0 Å². The second kappa shape index (κ2) is 4.28. The standard InChI is InChI=1S/C15H18N2/c1-11-9-14(17-10-16-11)12-5-7-13(8-6-12)15(2,3)4/h5-10H,1-4H3. The predicted molar refractivity (Wildman–Crippen MR) is 70.9 cm³/mol. The van der Waals surface area contributed by atoms with Gasteiger partial charge < -0.3 is 0 Å². The maximum absolute atomic E-state index is 4.29. The normalized spacial score (nSPS) is 11.5. The quantitative estimate of drug-likeness (QED) is 0.740. The Hall–Kier alpha value is -1.70. The Bertz CT molecular complexity index is 507. The highest BCUT2D eigenvalue weighted by molar-refractivity contribution is 5.59. The van der Waals surface area contributed by atoms with E-state index in [0.29, 0.717) is 0 Å². The summed E-state index contributed by atoms with van der Waals surface area (Å²) in [7, 11) is 0. The number of hydrogen-bond acceptors (Lipinski definition) is 2. The van der Waals surface area contributed by atoms with Crippen molar-refractivity contribution in [2.45, 2.75) is 33.1 Å². The van der Waals surface area contributed by atoms with E-state index in [1.165, 1.54) is 5.56 Å². The molecular formula is C15H18N2. The van der Waals surface area contributed by atoms with Gasteiger partial charge in [0.2, 0.25) is 0 Å². The summed E-state index contributed by atoms with van der Waals surface area (Å²) in [4.78, 5) is 8.40. The third-order valence-corrected chi connectivity index (χ3v) is 2.85. The molecule has 0 saturated carbocycles. The zero-order chi connectivity index (χ0) is 12.5. The van der Waals surface area contributed by atoms with Crippen molar-refractivity contribution < 1.29 is 0 Å². The van der Waals surface area contributed by atoms with E-state index in [1.54, 1.807) is 6.33 Å². The average molecular weight is 226 g/mol. The van der Waals surface area contributed by atoms with Crippen LogP contribution in [0.1, 0.15) is 32.0 Å². The van der Waals surface area contributed by atoms with Crippen LogP contribution in [0, 0.1) is 6.92 Å². The molecule has 0 atom stereocenters. The lowest BCUT2D eigenvalue weighted by Gasteiger charge is -2.19. The van der Waals surface area contributed by atoms with Crippen LogP contribution in [0.2, 0.25) is 0 Å². The highest BCUT2D eigenvalue weighted by Gasteiger charge is 2.13. The molecule has 1 heterocycles. The highest BCUT2D eigenvalue weighted by Crippen LogP contribution is 2.25. The van der Waals surface area contributed by atoms with E-state index in [-0.39, 0.29) is 5.41 Å². The van der Waals surface area contributed by atoms with E-state index in [2.05, 4.69) is 55.0 Å². The number of benzene rings is 1. The molecule has 0 bridgehead atoms. The molecule has 88 valence electrons. The number of aromatic nitrogens is 2. The fourth-order valence-electron chi connectivity index (χ4n) is 1.75. The van der Waals surface area contributed by atoms with E-state index in [9.17, 15) is 0 Å². The molecule has 17 heavy (non-hydrogen) atoms. The Morgan fingerprint density at radius 2 is 1.59 bits per heavy atom. The van der Waals surface area contributed by atoms with Crippen LogP contribution in [0.15, 0.2) is 36.7 Å². The van der Waals surface area contributed by atoms with Crippen LogP contribution in [-0.4, -0.2) is 9.97 Å². The van der Waals surface area contributed by atoms with Crippen LogP contribution in [0.4, 0.5) is 0 Å². The van der Waals surface area contributed by atoms with E-state index in [0.717, 1.165) is 17.0 Å². The first-order chi connectivity index (χ1) is 7.97. The van der Waals surface area contributed by atoms with Gasteiger partial charge in [-0.25, -0.2) is 9.97 Å². The van der Waals surface area contributed by atoms with Gasteiger partial charge >= 0.3 is 0 Å². The van der Waals surface area contributed by atoms with Gasteiger partial charge in [-0.1, -0.05) is 45.0 Å². The molecule has 2 nitrogen and oxygen atoms in total. The summed E-state index contributed by atoms with van der Waals surface area (Å²) in [5, 5.41) is 0. The second-order valence-corrected chi connectivity index (χ2v) is 5.37. The molecule has 2 heteroatoms. The Labute approximate surface area is 103 Å². The van der Waals surface area contributed by atoms with Crippen molar-refractivity contribution in [3.8, 4) is 11.3 Å². The first-order valence-corrected chi connectivity index (χ1v) is 5.86. The molecule has 2 aromatic rings. The molecule has 0 fully saturated rings. The van der Waals surface area contributed by atoms with Gasteiger partial charge in [0.15, 0.2) is 0 Å². The molecule has 0 spiro atoms. The van der Waals surface area contributed by atoms with Crippen LogP contribution in [-0.2, 0) is 5.41 Å². The first kappa shape index (κ1) is 11.8. The lowest BCUT2D eigenvalue weighted by molar-refractivity contribution is 0.590. The summed E-state index contributed by atoms with van der Waals surface area (Å²) >= 11 is 0. The predicted octanol–water partition coefficient (Wildman–Crippen LogP) is 3.75. The maximum atomic E-state index is 4.29. The lowest BCUT2D eigenvalue weighted by Crippen LogP contribution is -2.10. The minimum Gasteiger partial charge on any atom is -0.242 e. The molecular weight excluding hydrogens is 208 g/mol. The number of aryl methyl sites for hydroxylation is 1. The van der Waals surface area contributed by atoms with Gasteiger partial charge in [0.05, 0.1) is 5.69 Å². The third kappa shape index (κ3) is 2.70. The molecule has 2 rings (SSSR count). The highest BCUT2D eigenvalue weighted by atomic mass is 14.8. The Morgan fingerprint density at radius 3 is 2.12 bits per heavy atom. The minimum absolute atomic E-state index is 0.195. The van der Waals surface area contributed by atoms with Gasteiger partial charge in [-0.15, -0.1) is 0 Å². The van der Waals surface area contributed by atoms with E-state index < -0.39 is 0 Å². The number of hydrogen-bond donors (Lipinski definition) is 0. The average Bonchev–Trinajstić information content (AvgIpc) is 2.28. The molecule has 0 aliphatic carbocycles. The molecule has 1 aromatic carbocycles. The van der Waals surface area contributed by atoms with Crippen molar-refractivity contribution in [1.29, 1.82) is 0 Å². The monoisotopic (exact) mass is 226 g/mol. The van der Waals surface area contributed by atoms with Crippen LogP contribution in [0.3, 0.4) is 0 Å².